The van der Waals surface area contributed by atoms with Crippen LogP contribution in [0.25, 0.3) is 0 Å². The Balaban J connectivity index is 0.000000791. The summed E-state index contributed by atoms with van der Waals surface area (Å²) >= 11 is 0. The minimum atomic E-state index is 0.845. The molecule has 0 aromatic heterocycles. The summed E-state index contributed by atoms with van der Waals surface area (Å²) in [5.74, 6) is 2.70. The van der Waals surface area contributed by atoms with E-state index in [0.29, 0.717) is 0 Å². The van der Waals surface area contributed by atoms with Gasteiger partial charge in [0.05, 0.1) is 0 Å². The molecular formula is C13H28O. The molecule has 1 nitrogen and oxygen atoms in total. The second-order valence-corrected chi connectivity index (χ2v) is 4.27. The summed E-state index contributed by atoms with van der Waals surface area (Å²) in [7, 11) is 0. The third kappa shape index (κ3) is 4.45. The standard InChI is InChI=1S/C11H22O.C2H6/c1-4-11(9(2)3)10-5-7-12-8-6-10;1-2/h9-11H,4-8H2,1-3H3;1-2H3. The molecule has 1 atom stereocenters. The van der Waals surface area contributed by atoms with E-state index in [1.165, 1.54) is 19.3 Å². The van der Waals surface area contributed by atoms with E-state index in [9.17, 15) is 0 Å². The van der Waals surface area contributed by atoms with Crippen LogP contribution in [0.2, 0.25) is 0 Å². The van der Waals surface area contributed by atoms with Crippen molar-refractivity contribution in [1.82, 2.24) is 0 Å². The molecule has 1 aliphatic rings. The maximum Gasteiger partial charge on any atom is 0.0468 e. The van der Waals surface area contributed by atoms with Gasteiger partial charge in [0.2, 0.25) is 0 Å². The van der Waals surface area contributed by atoms with Crippen molar-refractivity contribution in [2.45, 2.75) is 53.9 Å². The Morgan fingerprint density at radius 1 is 1.14 bits per heavy atom. The molecule has 86 valence electrons. The molecule has 14 heavy (non-hydrogen) atoms. The first-order valence-electron chi connectivity index (χ1n) is 6.33. The summed E-state index contributed by atoms with van der Waals surface area (Å²) in [6.45, 7) is 13.0. The second kappa shape index (κ2) is 8.28. The molecule has 0 bridgehead atoms. The lowest BCUT2D eigenvalue weighted by molar-refractivity contribution is 0.0365. The molecule has 0 aliphatic carbocycles. The van der Waals surface area contributed by atoms with Crippen molar-refractivity contribution >= 4 is 0 Å². The van der Waals surface area contributed by atoms with Crippen LogP contribution in [-0.4, -0.2) is 13.2 Å². The van der Waals surface area contributed by atoms with E-state index in [1.54, 1.807) is 0 Å². The van der Waals surface area contributed by atoms with Crippen LogP contribution in [0.5, 0.6) is 0 Å². The zero-order chi connectivity index (χ0) is 11.0. The topological polar surface area (TPSA) is 9.23 Å². The first-order chi connectivity index (χ1) is 6.75. The summed E-state index contributed by atoms with van der Waals surface area (Å²) in [5, 5.41) is 0. The van der Waals surface area contributed by atoms with Gasteiger partial charge in [-0.1, -0.05) is 41.0 Å². The predicted octanol–water partition coefficient (Wildman–Crippen LogP) is 4.12. The van der Waals surface area contributed by atoms with E-state index in [-0.39, 0.29) is 0 Å². The van der Waals surface area contributed by atoms with Gasteiger partial charge in [-0.05, 0) is 30.6 Å². The zero-order valence-corrected chi connectivity index (χ0v) is 10.7. The molecule has 1 fully saturated rings. The van der Waals surface area contributed by atoms with Gasteiger partial charge in [-0.25, -0.2) is 0 Å². The third-order valence-electron chi connectivity index (χ3n) is 3.20. The normalized spacial score (nSPS) is 20.1. The van der Waals surface area contributed by atoms with Crippen LogP contribution < -0.4 is 0 Å². The predicted molar refractivity (Wildman–Crippen MR) is 63.5 cm³/mol. The quantitative estimate of drug-likeness (QED) is 0.666. The van der Waals surface area contributed by atoms with E-state index in [1.807, 2.05) is 13.8 Å². The molecule has 0 aromatic rings. The summed E-state index contributed by atoms with van der Waals surface area (Å²) in [6.07, 6.45) is 3.91. The van der Waals surface area contributed by atoms with Gasteiger partial charge in [-0.2, -0.15) is 0 Å². The Morgan fingerprint density at radius 2 is 1.64 bits per heavy atom. The lowest BCUT2D eigenvalue weighted by atomic mass is 9.78. The van der Waals surface area contributed by atoms with E-state index in [2.05, 4.69) is 20.8 Å². The Bertz CT molecular complexity index is 114. The Kier molecular flexibility index (Phi) is 8.26. The van der Waals surface area contributed by atoms with Gasteiger partial charge in [-0.15, -0.1) is 0 Å². The molecular weight excluding hydrogens is 172 g/mol. The highest BCUT2D eigenvalue weighted by Gasteiger charge is 2.24. The molecule has 0 amide bonds. The SMILES string of the molecule is CC.CCC(C(C)C)C1CCOCC1. The molecule has 0 aromatic carbocycles. The lowest BCUT2D eigenvalue weighted by Crippen LogP contribution is -2.26. The third-order valence-corrected chi connectivity index (χ3v) is 3.20. The molecule has 1 heteroatoms. The van der Waals surface area contributed by atoms with E-state index in [0.717, 1.165) is 31.0 Å². The lowest BCUT2D eigenvalue weighted by Gasteiger charge is -2.32. The van der Waals surface area contributed by atoms with Gasteiger partial charge in [0.1, 0.15) is 0 Å². The van der Waals surface area contributed by atoms with Gasteiger partial charge in [-0.3, -0.25) is 0 Å². The molecule has 1 rings (SSSR count). The minimum absolute atomic E-state index is 0.845. The average Bonchev–Trinajstić information content (AvgIpc) is 2.23. The fourth-order valence-corrected chi connectivity index (χ4v) is 2.49. The average molecular weight is 200 g/mol. The largest absolute Gasteiger partial charge is 0.381 e. The summed E-state index contributed by atoms with van der Waals surface area (Å²) in [4.78, 5) is 0. The fourth-order valence-electron chi connectivity index (χ4n) is 2.49. The molecule has 1 heterocycles. The number of ether oxygens (including phenoxy) is 1. The molecule has 0 saturated carbocycles. The molecule has 0 N–H and O–H groups in total. The maximum absolute atomic E-state index is 5.37. The highest BCUT2D eigenvalue weighted by atomic mass is 16.5. The molecule has 0 radical (unpaired) electrons. The molecule has 0 spiro atoms. The van der Waals surface area contributed by atoms with Crippen molar-refractivity contribution in [3.63, 3.8) is 0 Å². The van der Waals surface area contributed by atoms with Gasteiger partial charge >= 0.3 is 0 Å². The number of rotatable bonds is 3. The summed E-state index contributed by atoms with van der Waals surface area (Å²) < 4.78 is 5.37. The van der Waals surface area contributed by atoms with Crippen molar-refractivity contribution in [1.29, 1.82) is 0 Å². The number of hydrogen-bond acceptors (Lipinski definition) is 1. The smallest absolute Gasteiger partial charge is 0.0468 e. The van der Waals surface area contributed by atoms with Crippen molar-refractivity contribution < 1.29 is 4.74 Å². The van der Waals surface area contributed by atoms with Crippen LogP contribution in [0, 0.1) is 17.8 Å². The monoisotopic (exact) mass is 200 g/mol. The highest BCUT2D eigenvalue weighted by Crippen LogP contribution is 2.31. The highest BCUT2D eigenvalue weighted by molar-refractivity contribution is 4.74. The first kappa shape index (κ1) is 14.0. The minimum Gasteiger partial charge on any atom is -0.381 e. The van der Waals surface area contributed by atoms with E-state index in [4.69, 9.17) is 4.74 Å². The van der Waals surface area contributed by atoms with Gasteiger partial charge in [0.25, 0.3) is 0 Å². The summed E-state index contributed by atoms with van der Waals surface area (Å²) in [5.41, 5.74) is 0. The second-order valence-electron chi connectivity index (χ2n) is 4.27. The van der Waals surface area contributed by atoms with Crippen LogP contribution in [0.15, 0.2) is 0 Å². The number of hydrogen-bond donors (Lipinski definition) is 0. The van der Waals surface area contributed by atoms with Gasteiger partial charge in [0, 0.05) is 13.2 Å². The molecule has 1 aliphatic heterocycles. The van der Waals surface area contributed by atoms with Crippen LogP contribution in [-0.2, 0) is 4.74 Å². The van der Waals surface area contributed by atoms with Crippen LogP contribution in [0.1, 0.15) is 53.9 Å². The first-order valence-corrected chi connectivity index (χ1v) is 6.33. The van der Waals surface area contributed by atoms with Crippen LogP contribution in [0.4, 0.5) is 0 Å². The van der Waals surface area contributed by atoms with Crippen molar-refractivity contribution in [3.05, 3.63) is 0 Å². The fraction of sp³-hybridized carbons (Fsp3) is 1.00. The Hall–Kier alpha value is -0.0400. The van der Waals surface area contributed by atoms with Crippen molar-refractivity contribution in [2.24, 2.45) is 17.8 Å². The Labute approximate surface area is 90.2 Å². The maximum atomic E-state index is 5.37. The summed E-state index contributed by atoms with van der Waals surface area (Å²) in [6, 6.07) is 0. The molecule has 1 saturated heterocycles. The van der Waals surface area contributed by atoms with Gasteiger partial charge in [0.15, 0.2) is 0 Å². The van der Waals surface area contributed by atoms with E-state index < -0.39 is 0 Å². The zero-order valence-electron chi connectivity index (χ0n) is 10.7. The van der Waals surface area contributed by atoms with Crippen LogP contribution in [0.3, 0.4) is 0 Å². The Morgan fingerprint density at radius 3 is 2.00 bits per heavy atom. The van der Waals surface area contributed by atoms with Gasteiger partial charge < -0.3 is 4.74 Å². The molecule has 1 unspecified atom stereocenters. The van der Waals surface area contributed by atoms with Crippen molar-refractivity contribution in [2.75, 3.05) is 13.2 Å². The van der Waals surface area contributed by atoms with Crippen molar-refractivity contribution in [3.8, 4) is 0 Å². The van der Waals surface area contributed by atoms with E-state index >= 15 is 0 Å². The van der Waals surface area contributed by atoms with Crippen LogP contribution >= 0.6 is 0 Å².